The number of hydrogen-bond acceptors (Lipinski definition) is 2. The fourth-order valence-corrected chi connectivity index (χ4v) is 2.74. The number of nitrogens with two attached hydrogens (primary N) is 1. The molecule has 1 aromatic carbocycles. The first-order valence-corrected chi connectivity index (χ1v) is 6.66. The predicted octanol–water partition coefficient (Wildman–Crippen LogP) is 4.55. The second-order valence-electron chi connectivity index (χ2n) is 3.77. The molecule has 3 nitrogen and oxygen atoms in total. The van der Waals surface area contributed by atoms with Crippen LogP contribution >= 0.6 is 46.4 Å². The van der Waals surface area contributed by atoms with E-state index in [4.69, 9.17) is 57.2 Å². The Bertz CT molecular complexity index is 465. The molecule has 0 aliphatic heterocycles. The van der Waals surface area contributed by atoms with Crippen LogP contribution in [-0.4, -0.2) is 11.1 Å². The summed E-state index contributed by atoms with van der Waals surface area (Å²) in [5.74, 6) is -0.867. The van der Waals surface area contributed by atoms with Gasteiger partial charge in [-0.3, -0.25) is 4.79 Å². The number of carboxylic acid groups (broad SMARTS) is 1. The average Bonchev–Trinajstić information content (AvgIpc) is 2.25. The van der Waals surface area contributed by atoms with Crippen molar-refractivity contribution < 1.29 is 9.90 Å². The largest absolute Gasteiger partial charge is 0.481 e. The van der Waals surface area contributed by atoms with Gasteiger partial charge in [-0.2, -0.15) is 0 Å². The van der Waals surface area contributed by atoms with Crippen LogP contribution in [-0.2, 0) is 4.79 Å². The van der Waals surface area contributed by atoms with E-state index >= 15 is 0 Å². The molecule has 0 bridgehead atoms. The van der Waals surface area contributed by atoms with Crippen molar-refractivity contribution in [2.45, 2.75) is 25.3 Å². The van der Waals surface area contributed by atoms with Gasteiger partial charge in [0.15, 0.2) is 0 Å². The summed E-state index contributed by atoms with van der Waals surface area (Å²) in [5.41, 5.74) is 6.44. The van der Waals surface area contributed by atoms with Gasteiger partial charge in [-0.05, 0) is 18.9 Å². The zero-order valence-electron chi connectivity index (χ0n) is 9.22. The van der Waals surface area contributed by atoms with E-state index in [-0.39, 0.29) is 21.5 Å². The van der Waals surface area contributed by atoms with Gasteiger partial charge in [-0.15, -0.1) is 0 Å². The lowest BCUT2D eigenvalue weighted by molar-refractivity contribution is -0.137. The summed E-state index contributed by atoms with van der Waals surface area (Å²) in [6, 6.07) is 1.00. The first kappa shape index (κ1) is 15.9. The second kappa shape index (κ2) is 6.83. The van der Waals surface area contributed by atoms with Gasteiger partial charge in [-0.25, -0.2) is 0 Å². The van der Waals surface area contributed by atoms with Gasteiger partial charge < -0.3 is 10.8 Å². The van der Waals surface area contributed by atoms with E-state index in [0.717, 1.165) is 0 Å². The molecule has 100 valence electrons. The highest BCUT2D eigenvalue weighted by Crippen LogP contribution is 2.40. The van der Waals surface area contributed by atoms with Crippen LogP contribution in [0.25, 0.3) is 0 Å². The number of halogens is 4. The Morgan fingerprint density at radius 2 is 1.83 bits per heavy atom. The van der Waals surface area contributed by atoms with Crippen molar-refractivity contribution in [2.75, 3.05) is 0 Å². The van der Waals surface area contributed by atoms with Crippen LogP contribution in [0.4, 0.5) is 0 Å². The molecule has 0 aliphatic rings. The quantitative estimate of drug-likeness (QED) is 0.614. The summed E-state index contributed by atoms with van der Waals surface area (Å²) >= 11 is 23.8. The Balaban J connectivity index is 2.89. The van der Waals surface area contributed by atoms with E-state index in [2.05, 4.69) is 0 Å². The van der Waals surface area contributed by atoms with Gasteiger partial charge in [0.2, 0.25) is 0 Å². The average molecular weight is 331 g/mol. The lowest BCUT2D eigenvalue weighted by atomic mass is 10.0. The molecule has 0 radical (unpaired) electrons. The van der Waals surface area contributed by atoms with Gasteiger partial charge in [0.1, 0.15) is 0 Å². The van der Waals surface area contributed by atoms with Crippen LogP contribution in [0.5, 0.6) is 0 Å². The first-order valence-electron chi connectivity index (χ1n) is 5.14. The van der Waals surface area contributed by atoms with Crippen molar-refractivity contribution in [3.05, 3.63) is 31.7 Å². The van der Waals surface area contributed by atoms with Crippen molar-refractivity contribution in [3.63, 3.8) is 0 Å². The number of aliphatic carboxylic acids is 1. The van der Waals surface area contributed by atoms with Crippen LogP contribution < -0.4 is 5.73 Å². The molecule has 0 aromatic heterocycles. The third-order valence-corrected chi connectivity index (χ3v) is 4.02. The van der Waals surface area contributed by atoms with E-state index in [9.17, 15) is 4.79 Å². The summed E-state index contributed by atoms with van der Waals surface area (Å²) in [6.45, 7) is 0. The maximum atomic E-state index is 10.4. The molecular formula is C11H11Cl4NO2. The van der Waals surface area contributed by atoms with Crippen LogP contribution in [0.3, 0.4) is 0 Å². The highest BCUT2D eigenvalue weighted by Gasteiger charge is 2.19. The lowest BCUT2D eigenvalue weighted by Crippen LogP contribution is -2.12. The summed E-state index contributed by atoms with van der Waals surface area (Å²) in [7, 11) is 0. The predicted molar refractivity (Wildman–Crippen MR) is 74.9 cm³/mol. The molecule has 0 aliphatic carbocycles. The van der Waals surface area contributed by atoms with Crippen LogP contribution in [0.2, 0.25) is 20.1 Å². The molecule has 0 fully saturated rings. The SMILES string of the molecule is NC(CCCC(=O)O)c1c(Cl)cc(Cl)c(Cl)c1Cl. The fraction of sp³-hybridized carbons (Fsp3) is 0.364. The van der Waals surface area contributed by atoms with E-state index in [1.807, 2.05) is 0 Å². The minimum absolute atomic E-state index is 0.0459. The number of carbonyl (C=O) groups is 1. The molecule has 1 atom stereocenters. The van der Waals surface area contributed by atoms with Gasteiger partial charge in [0.25, 0.3) is 0 Å². The zero-order chi connectivity index (χ0) is 13.9. The smallest absolute Gasteiger partial charge is 0.303 e. The second-order valence-corrected chi connectivity index (χ2v) is 5.34. The Labute approximate surface area is 125 Å². The Kier molecular flexibility index (Phi) is 6.02. The number of hydrogen-bond donors (Lipinski definition) is 2. The normalized spacial score (nSPS) is 12.5. The van der Waals surface area contributed by atoms with Crippen LogP contribution in [0.1, 0.15) is 30.9 Å². The summed E-state index contributed by atoms with van der Waals surface area (Å²) in [4.78, 5) is 10.4. The van der Waals surface area contributed by atoms with Gasteiger partial charge in [0.05, 0.1) is 15.1 Å². The van der Waals surface area contributed by atoms with Gasteiger partial charge in [0, 0.05) is 23.0 Å². The fourth-order valence-electron chi connectivity index (χ4n) is 1.54. The molecule has 3 N–H and O–H groups in total. The minimum atomic E-state index is -0.867. The topological polar surface area (TPSA) is 63.3 Å². The monoisotopic (exact) mass is 329 g/mol. The molecule has 0 amide bonds. The van der Waals surface area contributed by atoms with Crippen molar-refractivity contribution in [1.29, 1.82) is 0 Å². The molecule has 18 heavy (non-hydrogen) atoms. The lowest BCUT2D eigenvalue weighted by Gasteiger charge is -2.16. The highest BCUT2D eigenvalue weighted by atomic mass is 35.5. The molecule has 0 saturated carbocycles. The van der Waals surface area contributed by atoms with Crippen molar-refractivity contribution in [1.82, 2.24) is 0 Å². The summed E-state index contributed by atoms with van der Waals surface area (Å²) < 4.78 is 0. The summed E-state index contributed by atoms with van der Waals surface area (Å²) in [6.07, 6.45) is 0.928. The van der Waals surface area contributed by atoms with Gasteiger partial charge in [-0.1, -0.05) is 46.4 Å². The highest BCUT2D eigenvalue weighted by molar-refractivity contribution is 6.49. The molecule has 0 saturated heterocycles. The number of benzene rings is 1. The third kappa shape index (κ3) is 3.90. The van der Waals surface area contributed by atoms with Gasteiger partial charge >= 0.3 is 5.97 Å². The van der Waals surface area contributed by atoms with Crippen LogP contribution in [0.15, 0.2) is 6.07 Å². The maximum absolute atomic E-state index is 10.4. The van der Waals surface area contributed by atoms with Crippen molar-refractivity contribution in [2.24, 2.45) is 5.73 Å². The number of carboxylic acids is 1. The molecule has 1 unspecified atom stereocenters. The molecule has 0 spiro atoms. The van der Waals surface area contributed by atoms with Crippen LogP contribution in [0, 0.1) is 0 Å². The first-order chi connectivity index (χ1) is 8.34. The van der Waals surface area contributed by atoms with E-state index in [1.165, 1.54) is 6.07 Å². The Morgan fingerprint density at radius 1 is 1.22 bits per heavy atom. The van der Waals surface area contributed by atoms with E-state index in [1.54, 1.807) is 0 Å². The molecule has 0 heterocycles. The molecule has 1 aromatic rings. The maximum Gasteiger partial charge on any atom is 0.303 e. The third-order valence-electron chi connectivity index (χ3n) is 2.43. The van der Waals surface area contributed by atoms with E-state index in [0.29, 0.717) is 23.4 Å². The van der Waals surface area contributed by atoms with Crippen molar-refractivity contribution >= 4 is 52.4 Å². The van der Waals surface area contributed by atoms with E-state index < -0.39 is 12.0 Å². The minimum Gasteiger partial charge on any atom is -0.481 e. The molecule has 7 heteroatoms. The molecular weight excluding hydrogens is 320 g/mol. The Morgan fingerprint density at radius 3 is 2.39 bits per heavy atom. The number of rotatable bonds is 5. The van der Waals surface area contributed by atoms with Crippen molar-refractivity contribution in [3.8, 4) is 0 Å². The summed E-state index contributed by atoms with van der Waals surface area (Å²) in [5, 5.41) is 9.56. The Hall–Kier alpha value is -0.190. The molecule has 1 rings (SSSR count). The zero-order valence-corrected chi connectivity index (χ0v) is 12.2. The standard InChI is InChI=1S/C11H11Cl4NO2/c12-5-4-6(13)10(14)11(15)9(5)7(16)2-1-3-8(17)18/h4,7H,1-3,16H2,(H,17,18).